The summed E-state index contributed by atoms with van der Waals surface area (Å²) in [6.07, 6.45) is 1.59. The van der Waals surface area contributed by atoms with Gasteiger partial charge >= 0.3 is 0 Å². The average molecular weight is 392 g/mol. The first-order valence-corrected chi connectivity index (χ1v) is 9.54. The highest BCUT2D eigenvalue weighted by molar-refractivity contribution is 7.13. The molecule has 27 heavy (non-hydrogen) atoms. The molecule has 144 valence electrons. The van der Waals surface area contributed by atoms with E-state index >= 15 is 0 Å². The van der Waals surface area contributed by atoms with Crippen LogP contribution < -0.4 is 5.32 Å². The molecular formula is C18H21FN4O3S. The number of carbonyl (C=O) groups excluding carboxylic acids is 2. The molecule has 1 aromatic heterocycles. The highest BCUT2D eigenvalue weighted by Crippen LogP contribution is 2.12. The van der Waals surface area contributed by atoms with Crippen LogP contribution in [0.2, 0.25) is 0 Å². The van der Waals surface area contributed by atoms with Crippen molar-refractivity contribution >= 4 is 28.3 Å². The van der Waals surface area contributed by atoms with Crippen LogP contribution >= 0.6 is 11.3 Å². The number of benzene rings is 1. The fraction of sp³-hybridized carbons (Fsp3) is 0.389. The number of hydrogen-bond acceptors (Lipinski definition) is 6. The minimum absolute atomic E-state index is 0.126. The monoisotopic (exact) mass is 392 g/mol. The van der Waals surface area contributed by atoms with E-state index in [2.05, 4.69) is 15.2 Å². The number of anilines is 1. The van der Waals surface area contributed by atoms with Crippen LogP contribution in [-0.2, 0) is 9.53 Å². The number of nitrogens with one attached hydrogen (secondary N) is 1. The summed E-state index contributed by atoms with van der Waals surface area (Å²) in [6, 6.07) is 5.50. The largest absolute Gasteiger partial charge is 0.379 e. The van der Waals surface area contributed by atoms with Crippen LogP contribution in [0.1, 0.15) is 10.4 Å². The van der Waals surface area contributed by atoms with Gasteiger partial charge < -0.3 is 15.0 Å². The normalized spacial score (nSPS) is 14.7. The van der Waals surface area contributed by atoms with E-state index in [-0.39, 0.29) is 23.9 Å². The first-order chi connectivity index (χ1) is 13.1. The summed E-state index contributed by atoms with van der Waals surface area (Å²) in [6.45, 7) is 3.74. The van der Waals surface area contributed by atoms with Crippen molar-refractivity contribution in [2.24, 2.45) is 0 Å². The van der Waals surface area contributed by atoms with Gasteiger partial charge in [-0.2, -0.15) is 0 Å². The van der Waals surface area contributed by atoms with Crippen molar-refractivity contribution < 1.29 is 18.7 Å². The van der Waals surface area contributed by atoms with Crippen LogP contribution in [0.15, 0.2) is 35.8 Å². The SMILES string of the molecule is O=C(CN(CCN1CCOCC1)C(=O)c1cccc(F)c1)Nc1nccs1. The van der Waals surface area contributed by atoms with E-state index in [0.29, 0.717) is 31.4 Å². The maximum Gasteiger partial charge on any atom is 0.254 e. The Balaban J connectivity index is 1.66. The van der Waals surface area contributed by atoms with Crippen LogP contribution in [-0.4, -0.2) is 72.5 Å². The number of morpholine rings is 1. The summed E-state index contributed by atoms with van der Waals surface area (Å²) >= 11 is 1.30. The number of hydrogen-bond donors (Lipinski definition) is 1. The lowest BCUT2D eigenvalue weighted by Crippen LogP contribution is -2.45. The van der Waals surface area contributed by atoms with Crippen molar-refractivity contribution in [3.05, 3.63) is 47.2 Å². The van der Waals surface area contributed by atoms with Gasteiger partial charge in [-0.25, -0.2) is 9.37 Å². The van der Waals surface area contributed by atoms with Gasteiger partial charge in [-0.05, 0) is 18.2 Å². The van der Waals surface area contributed by atoms with Gasteiger partial charge in [0.15, 0.2) is 5.13 Å². The summed E-state index contributed by atoms with van der Waals surface area (Å²) < 4.78 is 18.8. The summed E-state index contributed by atoms with van der Waals surface area (Å²) in [5.41, 5.74) is 0.221. The topological polar surface area (TPSA) is 74.8 Å². The van der Waals surface area contributed by atoms with Crippen LogP contribution in [0.5, 0.6) is 0 Å². The highest BCUT2D eigenvalue weighted by Gasteiger charge is 2.21. The molecule has 0 radical (unpaired) electrons. The zero-order valence-electron chi connectivity index (χ0n) is 14.8. The van der Waals surface area contributed by atoms with Gasteiger partial charge in [0, 0.05) is 43.3 Å². The number of carbonyl (C=O) groups is 2. The number of rotatable bonds is 7. The number of aromatic nitrogens is 1. The van der Waals surface area contributed by atoms with E-state index in [1.807, 2.05) is 0 Å². The molecule has 1 aromatic carbocycles. The van der Waals surface area contributed by atoms with Crippen LogP contribution in [0.4, 0.5) is 9.52 Å². The van der Waals surface area contributed by atoms with Gasteiger partial charge in [0.2, 0.25) is 5.91 Å². The van der Waals surface area contributed by atoms with Gasteiger partial charge in [-0.1, -0.05) is 6.07 Å². The Morgan fingerprint density at radius 2 is 2.15 bits per heavy atom. The maximum atomic E-state index is 13.5. The van der Waals surface area contributed by atoms with Crippen molar-refractivity contribution in [3.8, 4) is 0 Å². The molecule has 2 heterocycles. The lowest BCUT2D eigenvalue weighted by Gasteiger charge is -2.30. The lowest BCUT2D eigenvalue weighted by atomic mass is 10.2. The summed E-state index contributed by atoms with van der Waals surface area (Å²) in [5.74, 6) is -1.20. The molecule has 1 aliphatic heterocycles. The van der Waals surface area contributed by atoms with Crippen LogP contribution in [0.25, 0.3) is 0 Å². The molecule has 1 N–H and O–H groups in total. The third kappa shape index (κ3) is 5.81. The van der Waals surface area contributed by atoms with E-state index in [1.165, 1.54) is 34.4 Å². The molecule has 0 bridgehead atoms. The van der Waals surface area contributed by atoms with Crippen molar-refractivity contribution in [1.29, 1.82) is 0 Å². The average Bonchev–Trinajstić information content (AvgIpc) is 3.18. The quantitative estimate of drug-likeness (QED) is 0.776. The van der Waals surface area contributed by atoms with Crippen LogP contribution in [0, 0.1) is 5.82 Å². The Bertz CT molecular complexity index is 766. The fourth-order valence-electron chi connectivity index (χ4n) is 2.76. The Hall–Kier alpha value is -2.36. The zero-order valence-corrected chi connectivity index (χ0v) is 15.6. The second kappa shape index (κ2) is 9.54. The van der Waals surface area contributed by atoms with E-state index < -0.39 is 5.82 Å². The molecule has 1 saturated heterocycles. The van der Waals surface area contributed by atoms with E-state index in [1.54, 1.807) is 17.6 Å². The summed E-state index contributed by atoms with van der Waals surface area (Å²) in [5, 5.41) is 4.91. The molecule has 0 aliphatic carbocycles. The molecule has 7 nitrogen and oxygen atoms in total. The molecule has 2 amide bonds. The lowest BCUT2D eigenvalue weighted by molar-refractivity contribution is -0.117. The number of halogens is 1. The smallest absolute Gasteiger partial charge is 0.254 e. The first-order valence-electron chi connectivity index (χ1n) is 8.66. The van der Waals surface area contributed by atoms with Gasteiger partial charge in [0.25, 0.3) is 5.91 Å². The van der Waals surface area contributed by atoms with Crippen LogP contribution in [0.3, 0.4) is 0 Å². The minimum Gasteiger partial charge on any atom is -0.379 e. The second-order valence-corrected chi connectivity index (χ2v) is 6.97. The molecule has 0 unspecified atom stereocenters. The molecule has 1 aliphatic rings. The van der Waals surface area contributed by atoms with E-state index in [0.717, 1.165) is 13.1 Å². The third-order valence-electron chi connectivity index (χ3n) is 4.16. The third-order valence-corrected chi connectivity index (χ3v) is 4.85. The molecule has 2 aromatic rings. The number of nitrogens with zero attached hydrogens (tertiary/aromatic N) is 3. The Labute approximate surface area is 160 Å². The molecule has 0 spiro atoms. The molecular weight excluding hydrogens is 371 g/mol. The van der Waals surface area contributed by atoms with E-state index in [4.69, 9.17) is 4.74 Å². The van der Waals surface area contributed by atoms with Gasteiger partial charge in [-0.3, -0.25) is 14.5 Å². The molecule has 1 fully saturated rings. The summed E-state index contributed by atoms with van der Waals surface area (Å²) in [4.78, 5) is 32.8. The highest BCUT2D eigenvalue weighted by atomic mass is 32.1. The van der Waals surface area contributed by atoms with Gasteiger partial charge in [0.1, 0.15) is 12.4 Å². The van der Waals surface area contributed by atoms with Crippen molar-refractivity contribution in [3.63, 3.8) is 0 Å². The Morgan fingerprint density at radius 1 is 1.33 bits per heavy atom. The van der Waals surface area contributed by atoms with E-state index in [9.17, 15) is 14.0 Å². The predicted octanol–water partition coefficient (Wildman–Crippen LogP) is 1.70. The molecule has 0 atom stereocenters. The first kappa shape index (κ1) is 19.4. The standard InChI is InChI=1S/C18H21FN4O3S/c19-15-3-1-2-14(12-15)17(25)23(6-5-22-7-9-26-10-8-22)13-16(24)21-18-20-4-11-27-18/h1-4,11-12H,5-10,13H2,(H,20,21,24). The Morgan fingerprint density at radius 3 is 2.85 bits per heavy atom. The van der Waals surface area contributed by atoms with Crippen molar-refractivity contribution in [2.45, 2.75) is 0 Å². The number of amides is 2. The van der Waals surface area contributed by atoms with Gasteiger partial charge in [0.05, 0.1) is 13.2 Å². The maximum absolute atomic E-state index is 13.5. The van der Waals surface area contributed by atoms with Crippen molar-refractivity contribution in [1.82, 2.24) is 14.8 Å². The van der Waals surface area contributed by atoms with Gasteiger partial charge in [-0.15, -0.1) is 11.3 Å². The predicted molar refractivity (Wildman–Crippen MR) is 100 cm³/mol. The molecule has 3 rings (SSSR count). The van der Waals surface area contributed by atoms with Crippen molar-refractivity contribution in [2.75, 3.05) is 51.3 Å². The fourth-order valence-corrected chi connectivity index (χ4v) is 3.31. The zero-order chi connectivity index (χ0) is 19.1. The Kier molecular flexibility index (Phi) is 6.86. The number of ether oxygens (including phenoxy) is 1. The molecule has 9 heteroatoms. The number of thiazole rings is 1. The second-order valence-electron chi connectivity index (χ2n) is 6.08. The summed E-state index contributed by atoms with van der Waals surface area (Å²) in [7, 11) is 0. The molecule has 0 saturated carbocycles. The minimum atomic E-state index is -0.485.